The molecule has 7 nitrogen and oxygen atoms in total. The van der Waals surface area contributed by atoms with Gasteiger partial charge in [0.15, 0.2) is 0 Å². The molecule has 1 aromatic carbocycles. The minimum atomic E-state index is -3.80. The molecule has 146 valence electrons. The highest BCUT2D eigenvalue weighted by Crippen LogP contribution is 2.29. The normalized spacial score (nSPS) is 20.6. The quantitative estimate of drug-likeness (QED) is 0.668. The van der Waals surface area contributed by atoms with Gasteiger partial charge >= 0.3 is 0 Å². The fraction of sp³-hybridized carbons (Fsp3) is 0.611. The zero-order chi connectivity index (χ0) is 19.2. The molecule has 0 radical (unpaired) electrons. The lowest BCUT2D eigenvalue weighted by molar-refractivity contribution is 0.0937. The van der Waals surface area contributed by atoms with Crippen molar-refractivity contribution < 1.29 is 22.7 Å². The van der Waals surface area contributed by atoms with Crippen LogP contribution in [0.1, 0.15) is 43.0 Å². The van der Waals surface area contributed by atoms with E-state index in [1.807, 2.05) is 0 Å². The van der Waals surface area contributed by atoms with Crippen LogP contribution >= 0.6 is 0 Å². The van der Waals surface area contributed by atoms with E-state index in [4.69, 9.17) is 9.47 Å². The molecule has 1 aliphatic carbocycles. The molecule has 0 spiro atoms. The van der Waals surface area contributed by atoms with Crippen LogP contribution in [0.5, 0.6) is 5.75 Å². The number of ether oxygens (including phenoxy) is 2. The summed E-state index contributed by atoms with van der Waals surface area (Å²) in [6.45, 7) is 2.79. The number of carbonyl (C=O) groups is 1. The number of amides is 1. The van der Waals surface area contributed by atoms with Crippen molar-refractivity contribution in [2.75, 3.05) is 27.4 Å². The summed E-state index contributed by atoms with van der Waals surface area (Å²) in [5, 5.41) is 2.68. The van der Waals surface area contributed by atoms with Crippen molar-refractivity contribution in [3.8, 4) is 5.75 Å². The second-order valence-corrected chi connectivity index (χ2v) is 8.29. The van der Waals surface area contributed by atoms with Gasteiger partial charge in [0, 0.05) is 25.3 Å². The van der Waals surface area contributed by atoms with Crippen molar-refractivity contribution >= 4 is 15.9 Å². The van der Waals surface area contributed by atoms with Crippen molar-refractivity contribution in [2.45, 2.75) is 43.5 Å². The molecule has 1 saturated carbocycles. The van der Waals surface area contributed by atoms with Gasteiger partial charge in [-0.3, -0.25) is 4.79 Å². The van der Waals surface area contributed by atoms with E-state index in [0.29, 0.717) is 13.2 Å². The monoisotopic (exact) mass is 384 g/mol. The number of sulfonamides is 1. The first kappa shape index (κ1) is 20.7. The first-order valence-corrected chi connectivity index (χ1v) is 10.3. The molecular formula is C18H28N2O5S. The molecule has 2 rings (SSSR count). The Bertz CT molecular complexity index is 720. The van der Waals surface area contributed by atoms with Gasteiger partial charge in [0.2, 0.25) is 10.0 Å². The third-order valence-electron chi connectivity index (χ3n) is 4.73. The molecule has 8 heteroatoms. The van der Waals surface area contributed by atoms with Gasteiger partial charge in [-0.05, 0) is 37.0 Å². The highest BCUT2D eigenvalue weighted by molar-refractivity contribution is 7.89. The van der Waals surface area contributed by atoms with Crippen molar-refractivity contribution in [3.63, 3.8) is 0 Å². The Morgan fingerprint density at radius 2 is 1.96 bits per heavy atom. The van der Waals surface area contributed by atoms with Crippen molar-refractivity contribution in [3.05, 3.63) is 23.8 Å². The van der Waals surface area contributed by atoms with Crippen LogP contribution in [-0.4, -0.2) is 47.7 Å². The van der Waals surface area contributed by atoms with Crippen molar-refractivity contribution in [2.24, 2.45) is 5.92 Å². The van der Waals surface area contributed by atoms with E-state index in [-0.39, 0.29) is 34.1 Å². The van der Waals surface area contributed by atoms with E-state index >= 15 is 0 Å². The Balaban J connectivity index is 2.24. The van der Waals surface area contributed by atoms with E-state index < -0.39 is 10.0 Å². The molecule has 1 amide bonds. The number of methoxy groups -OCH3 is 2. The molecule has 0 bridgehead atoms. The lowest BCUT2D eigenvalue weighted by Crippen LogP contribution is -2.41. The lowest BCUT2D eigenvalue weighted by atomic mass is 9.87. The average Bonchev–Trinajstić information content (AvgIpc) is 2.63. The van der Waals surface area contributed by atoms with Crippen LogP contribution in [0.15, 0.2) is 23.1 Å². The van der Waals surface area contributed by atoms with Gasteiger partial charge in [-0.1, -0.05) is 19.8 Å². The topological polar surface area (TPSA) is 93.7 Å². The van der Waals surface area contributed by atoms with Crippen LogP contribution in [0.3, 0.4) is 0 Å². The van der Waals surface area contributed by atoms with Crippen LogP contribution < -0.4 is 14.8 Å². The first-order valence-electron chi connectivity index (χ1n) is 8.86. The van der Waals surface area contributed by atoms with Crippen molar-refractivity contribution in [1.82, 2.24) is 10.0 Å². The fourth-order valence-corrected chi connectivity index (χ4v) is 4.72. The van der Waals surface area contributed by atoms with Gasteiger partial charge in [-0.25, -0.2) is 13.1 Å². The molecule has 0 unspecified atom stereocenters. The SMILES string of the molecule is COCCNC(=O)c1ccc(OC)c(S(=O)(=O)N[C@@H]2CCCC[C@@H]2C)c1. The Labute approximate surface area is 155 Å². The minimum Gasteiger partial charge on any atom is -0.495 e. The first-order chi connectivity index (χ1) is 12.4. The molecule has 0 aromatic heterocycles. The maximum Gasteiger partial charge on any atom is 0.251 e. The summed E-state index contributed by atoms with van der Waals surface area (Å²) < 4.78 is 38.7. The van der Waals surface area contributed by atoms with E-state index in [9.17, 15) is 13.2 Å². The van der Waals surface area contributed by atoms with Gasteiger partial charge in [0.25, 0.3) is 5.91 Å². The maximum atomic E-state index is 12.9. The third-order valence-corrected chi connectivity index (χ3v) is 6.24. The van der Waals surface area contributed by atoms with Gasteiger partial charge in [0.05, 0.1) is 13.7 Å². The standard InChI is InChI=1S/C18H28N2O5S/c1-13-6-4-5-7-15(13)20-26(22,23)17-12-14(8-9-16(17)25-3)18(21)19-10-11-24-2/h8-9,12-13,15,20H,4-7,10-11H2,1-3H3,(H,19,21)/t13-,15+/m0/s1. The minimum absolute atomic E-state index is 0.0165. The number of benzene rings is 1. The van der Waals surface area contributed by atoms with Gasteiger partial charge in [-0.2, -0.15) is 0 Å². The van der Waals surface area contributed by atoms with Crippen molar-refractivity contribution in [1.29, 1.82) is 0 Å². The molecule has 1 fully saturated rings. The summed E-state index contributed by atoms with van der Waals surface area (Å²) in [5.74, 6) is 0.145. The second kappa shape index (κ2) is 9.34. The smallest absolute Gasteiger partial charge is 0.251 e. The molecular weight excluding hydrogens is 356 g/mol. The molecule has 0 aliphatic heterocycles. The van der Waals surface area contributed by atoms with E-state index in [2.05, 4.69) is 17.0 Å². The number of rotatable bonds is 8. The Hall–Kier alpha value is -1.64. The molecule has 1 aliphatic rings. The van der Waals surface area contributed by atoms with E-state index in [1.54, 1.807) is 13.2 Å². The number of hydrogen-bond donors (Lipinski definition) is 2. The maximum absolute atomic E-state index is 12.9. The largest absolute Gasteiger partial charge is 0.495 e. The van der Waals surface area contributed by atoms with Gasteiger partial charge in [-0.15, -0.1) is 0 Å². The van der Waals surface area contributed by atoms with Crippen LogP contribution in [0.2, 0.25) is 0 Å². The van der Waals surface area contributed by atoms with E-state index in [1.165, 1.54) is 19.2 Å². The predicted octanol–water partition coefficient (Wildman–Crippen LogP) is 1.93. The summed E-state index contributed by atoms with van der Waals surface area (Å²) in [5.41, 5.74) is 0.263. The van der Waals surface area contributed by atoms with Crippen LogP contribution in [0, 0.1) is 5.92 Å². The van der Waals surface area contributed by atoms with Gasteiger partial charge in [0.1, 0.15) is 10.6 Å². The van der Waals surface area contributed by atoms with E-state index in [0.717, 1.165) is 25.7 Å². The second-order valence-electron chi connectivity index (χ2n) is 6.60. The predicted molar refractivity (Wildman–Crippen MR) is 98.9 cm³/mol. The number of nitrogens with one attached hydrogen (secondary N) is 2. The molecule has 0 saturated heterocycles. The summed E-state index contributed by atoms with van der Waals surface area (Å²) in [6.07, 6.45) is 3.96. The summed E-state index contributed by atoms with van der Waals surface area (Å²) in [7, 11) is -0.840. The zero-order valence-electron chi connectivity index (χ0n) is 15.6. The van der Waals surface area contributed by atoms with Crippen LogP contribution in [0.4, 0.5) is 0 Å². The third kappa shape index (κ3) is 5.18. The summed E-state index contributed by atoms with van der Waals surface area (Å²) in [6, 6.07) is 4.31. The molecule has 1 aromatic rings. The zero-order valence-corrected chi connectivity index (χ0v) is 16.4. The Kier molecular flexibility index (Phi) is 7.43. The Morgan fingerprint density at radius 3 is 2.62 bits per heavy atom. The fourth-order valence-electron chi connectivity index (χ4n) is 3.15. The molecule has 2 atom stereocenters. The van der Waals surface area contributed by atoms with Crippen LogP contribution in [-0.2, 0) is 14.8 Å². The summed E-state index contributed by atoms with van der Waals surface area (Å²) >= 11 is 0. The van der Waals surface area contributed by atoms with Crippen LogP contribution in [0.25, 0.3) is 0 Å². The average molecular weight is 384 g/mol. The molecule has 26 heavy (non-hydrogen) atoms. The summed E-state index contributed by atoms with van der Waals surface area (Å²) in [4.78, 5) is 12.2. The number of carbonyl (C=O) groups excluding carboxylic acids is 1. The van der Waals surface area contributed by atoms with Gasteiger partial charge < -0.3 is 14.8 Å². The highest BCUT2D eigenvalue weighted by Gasteiger charge is 2.29. The Morgan fingerprint density at radius 1 is 1.23 bits per heavy atom. The molecule has 0 heterocycles. The molecule has 2 N–H and O–H groups in total. The number of hydrogen-bond acceptors (Lipinski definition) is 5. The highest BCUT2D eigenvalue weighted by atomic mass is 32.2. The lowest BCUT2D eigenvalue weighted by Gasteiger charge is -2.29.